The second kappa shape index (κ2) is 51.2. The van der Waals surface area contributed by atoms with Crippen LogP contribution in [0.4, 0.5) is 0 Å². The van der Waals surface area contributed by atoms with Crippen LogP contribution in [0.5, 0.6) is 0 Å². The summed E-state index contributed by atoms with van der Waals surface area (Å²) in [5.74, 6) is -0.160. The summed E-state index contributed by atoms with van der Waals surface area (Å²) < 4.78 is 23.4. The van der Waals surface area contributed by atoms with Gasteiger partial charge in [0.1, 0.15) is 13.2 Å². The van der Waals surface area contributed by atoms with Gasteiger partial charge in [-0.15, -0.1) is 0 Å². The summed E-state index contributed by atoms with van der Waals surface area (Å²) in [6, 6.07) is -0.798. The van der Waals surface area contributed by atoms with E-state index in [1.54, 1.807) is 0 Å². The molecule has 0 radical (unpaired) electrons. The number of aliphatic hydroxyl groups excluding tert-OH is 1. The van der Waals surface area contributed by atoms with Crippen LogP contribution in [0.25, 0.3) is 0 Å². The van der Waals surface area contributed by atoms with E-state index in [-0.39, 0.29) is 19.1 Å². The molecule has 3 atom stereocenters. The van der Waals surface area contributed by atoms with Crippen molar-refractivity contribution in [1.29, 1.82) is 0 Å². The van der Waals surface area contributed by atoms with Crippen molar-refractivity contribution in [2.75, 3.05) is 40.9 Å². The van der Waals surface area contributed by atoms with Crippen molar-refractivity contribution in [3.63, 3.8) is 0 Å². The van der Waals surface area contributed by atoms with Crippen LogP contribution in [0.3, 0.4) is 0 Å². The van der Waals surface area contributed by atoms with Gasteiger partial charge >= 0.3 is 0 Å². The molecule has 0 aliphatic heterocycles. The van der Waals surface area contributed by atoms with E-state index >= 15 is 0 Å². The first kappa shape index (κ1) is 67.2. The van der Waals surface area contributed by atoms with Crippen molar-refractivity contribution in [3.8, 4) is 0 Å². The molecule has 0 spiro atoms. The summed E-state index contributed by atoms with van der Waals surface area (Å²) in [7, 11) is 1.32. The molecule has 68 heavy (non-hydrogen) atoms. The number of phosphoric acid groups is 1. The number of quaternary nitrogens is 1. The van der Waals surface area contributed by atoms with Gasteiger partial charge in [-0.1, -0.05) is 276 Å². The van der Waals surface area contributed by atoms with Crippen molar-refractivity contribution >= 4 is 13.7 Å². The number of phosphoric ester groups is 1. The first-order valence-corrected chi connectivity index (χ1v) is 31.5. The molecule has 0 rings (SSSR count). The van der Waals surface area contributed by atoms with Gasteiger partial charge in [0, 0.05) is 6.42 Å². The SMILES string of the molecule is CCCCCCCCCCCCCC/C=C\CCCCCCCCCCCCCC(=O)NC(COP(=O)([O-])OCC[N+](C)(C)C)C(O)CCCCCCCCCCCCCCCCCCCCC. The molecule has 0 aromatic heterocycles. The molecule has 0 heterocycles. The molecule has 0 aliphatic carbocycles. The highest BCUT2D eigenvalue weighted by Crippen LogP contribution is 2.38. The number of unbranched alkanes of at least 4 members (excludes halogenated alkanes) is 41. The monoisotopic (exact) mass is 983 g/mol. The van der Waals surface area contributed by atoms with Crippen LogP contribution >= 0.6 is 7.82 Å². The predicted octanol–water partition coefficient (Wildman–Crippen LogP) is 17.6. The molecule has 9 heteroatoms. The van der Waals surface area contributed by atoms with Gasteiger partial charge in [0.15, 0.2) is 0 Å². The molecule has 0 fully saturated rings. The minimum Gasteiger partial charge on any atom is -0.756 e. The van der Waals surface area contributed by atoms with Gasteiger partial charge in [-0.05, 0) is 38.5 Å². The number of amides is 1. The van der Waals surface area contributed by atoms with Crippen molar-refractivity contribution < 1.29 is 32.9 Å². The highest BCUT2D eigenvalue weighted by atomic mass is 31.2. The van der Waals surface area contributed by atoms with Gasteiger partial charge in [0.25, 0.3) is 7.82 Å². The molecule has 1 amide bonds. The summed E-state index contributed by atoms with van der Waals surface area (Å²) in [4.78, 5) is 25.5. The van der Waals surface area contributed by atoms with Crippen molar-refractivity contribution in [2.45, 2.75) is 321 Å². The number of likely N-dealkylation sites (N-methyl/N-ethyl adjacent to an activating group) is 1. The molecular weight excluding hydrogens is 864 g/mol. The Balaban J connectivity index is 4.10. The topological polar surface area (TPSA) is 108 Å². The van der Waals surface area contributed by atoms with E-state index in [1.165, 1.54) is 244 Å². The van der Waals surface area contributed by atoms with Gasteiger partial charge in [-0.2, -0.15) is 0 Å². The molecule has 0 saturated carbocycles. The number of hydrogen-bond donors (Lipinski definition) is 2. The average Bonchev–Trinajstić information content (AvgIpc) is 3.30. The zero-order valence-electron chi connectivity index (χ0n) is 46.3. The molecule has 0 aliphatic rings. The molecule has 406 valence electrons. The molecule has 3 unspecified atom stereocenters. The molecule has 2 N–H and O–H groups in total. The Morgan fingerprint density at radius 2 is 0.809 bits per heavy atom. The van der Waals surface area contributed by atoms with Gasteiger partial charge < -0.3 is 28.8 Å². The first-order chi connectivity index (χ1) is 33.0. The summed E-state index contributed by atoms with van der Waals surface area (Å²) in [5.41, 5.74) is 0. The third-order valence-electron chi connectivity index (χ3n) is 14.0. The maximum absolute atomic E-state index is 13.0. The Bertz CT molecular complexity index is 1120. The van der Waals surface area contributed by atoms with Gasteiger partial charge in [-0.25, -0.2) is 0 Å². The number of carbonyl (C=O) groups is 1. The first-order valence-electron chi connectivity index (χ1n) is 30.0. The second-order valence-electron chi connectivity index (χ2n) is 22.1. The number of allylic oxidation sites excluding steroid dienone is 2. The Morgan fingerprint density at radius 1 is 0.500 bits per heavy atom. The van der Waals surface area contributed by atoms with Crippen LogP contribution in [-0.4, -0.2) is 68.5 Å². The molecule has 0 aromatic rings. The van der Waals surface area contributed by atoms with E-state index in [0.29, 0.717) is 23.9 Å². The minimum absolute atomic E-state index is 0.0147. The molecule has 0 bridgehead atoms. The maximum atomic E-state index is 13.0. The number of aliphatic hydroxyl groups is 1. The lowest BCUT2D eigenvalue weighted by Crippen LogP contribution is -2.46. The molecule has 8 nitrogen and oxygen atoms in total. The fourth-order valence-corrected chi connectivity index (χ4v) is 10.00. The fraction of sp³-hybridized carbons (Fsp3) is 0.949. The fourth-order valence-electron chi connectivity index (χ4n) is 9.27. The van der Waals surface area contributed by atoms with E-state index in [4.69, 9.17) is 9.05 Å². The highest BCUT2D eigenvalue weighted by Gasteiger charge is 2.24. The van der Waals surface area contributed by atoms with Crippen LogP contribution in [0.15, 0.2) is 12.2 Å². The van der Waals surface area contributed by atoms with Crippen LogP contribution in [0.2, 0.25) is 0 Å². The zero-order valence-corrected chi connectivity index (χ0v) is 47.2. The minimum atomic E-state index is -4.57. The Labute approximate surface area is 424 Å². The van der Waals surface area contributed by atoms with Gasteiger partial charge in [0.05, 0.1) is 39.9 Å². The van der Waals surface area contributed by atoms with Crippen molar-refractivity contribution in [3.05, 3.63) is 12.2 Å². The van der Waals surface area contributed by atoms with Crippen molar-refractivity contribution in [2.24, 2.45) is 0 Å². The van der Waals surface area contributed by atoms with Crippen LogP contribution in [0, 0.1) is 0 Å². The van der Waals surface area contributed by atoms with Crippen LogP contribution < -0.4 is 10.2 Å². The van der Waals surface area contributed by atoms with E-state index in [9.17, 15) is 19.4 Å². The quantitative estimate of drug-likeness (QED) is 0.0272. The van der Waals surface area contributed by atoms with Gasteiger partial charge in [-0.3, -0.25) is 9.36 Å². The maximum Gasteiger partial charge on any atom is 0.268 e. The van der Waals surface area contributed by atoms with Crippen LogP contribution in [0.1, 0.15) is 309 Å². The smallest absolute Gasteiger partial charge is 0.268 e. The number of hydrogen-bond acceptors (Lipinski definition) is 6. The molecular formula is C59H119N2O6P. The largest absolute Gasteiger partial charge is 0.756 e. The van der Waals surface area contributed by atoms with E-state index in [0.717, 1.165) is 38.5 Å². The average molecular weight is 984 g/mol. The third kappa shape index (κ3) is 53.0. The Morgan fingerprint density at radius 3 is 1.15 bits per heavy atom. The summed E-state index contributed by atoms with van der Waals surface area (Å²) in [6.07, 6.45) is 62.5. The summed E-state index contributed by atoms with van der Waals surface area (Å²) in [6.45, 7) is 4.77. The lowest BCUT2D eigenvalue weighted by Gasteiger charge is -2.30. The molecule has 0 aromatic carbocycles. The number of carbonyl (C=O) groups excluding carboxylic acids is 1. The standard InChI is InChI=1S/C59H119N2O6P/c1-6-8-10-12-14-16-18-20-22-24-26-27-28-29-30-31-32-33-35-37-39-41-43-45-47-49-51-53-59(63)60-57(56-67-68(64,65)66-55-54-61(3,4)5)58(62)52-50-48-46-44-42-40-38-36-34-25-23-21-19-17-15-13-11-9-7-2/h29-30,57-58,62H,6-28,31-56H2,1-5H3,(H-,60,63,64,65)/b30-29-. The summed E-state index contributed by atoms with van der Waals surface area (Å²) >= 11 is 0. The molecule has 0 saturated heterocycles. The lowest BCUT2D eigenvalue weighted by atomic mass is 10.0. The predicted molar refractivity (Wildman–Crippen MR) is 293 cm³/mol. The van der Waals surface area contributed by atoms with Crippen LogP contribution in [-0.2, 0) is 18.4 Å². The second-order valence-corrected chi connectivity index (χ2v) is 23.5. The number of nitrogens with one attached hydrogen (secondary N) is 1. The van der Waals surface area contributed by atoms with E-state index < -0.39 is 20.0 Å². The highest BCUT2D eigenvalue weighted by molar-refractivity contribution is 7.45. The summed E-state index contributed by atoms with van der Waals surface area (Å²) in [5, 5.41) is 14.0. The Kier molecular flexibility index (Phi) is 50.6. The lowest BCUT2D eigenvalue weighted by molar-refractivity contribution is -0.870. The van der Waals surface area contributed by atoms with Crippen molar-refractivity contribution in [1.82, 2.24) is 5.32 Å². The number of nitrogens with zero attached hydrogens (tertiary/aromatic N) is 1. The Hall–Kier alpha value is -0.760. The third-order valence-corrected chi connectivity index (χ3v) is 15.0. The van der Waals surface area contributed by atoms with Gasteiger partial charge in [0.2, 0.25) is 5.91 Å². The zero-order chi connectivity index (χ0) is 49.9. The normalized spacial score (nSPS) is 13.9. The number of rotatable bonds is 56. The van der Waals surface area contributed by atoms with E-state index in [1.807, 2.05) is 21.1 Å². The van der Waals surface area contributed by atoms with E-state index in [2.05, 4.69) is 31.3 Å².